The van der Waals surface area contributed by atoms with Crippen LogP contribution in [0.25, 0.3) is 0 Å². The van der Waals surface area contributed by atoms with Crippen LogP contribution in [0.3, 0.4) is 0 Å². The summed E-state index contributed by atoms with van der Waals surface area (Å²) in [5, 5.41) is -0.309. The number of halogens is 3. The second-order valence-corrected chi connectivity index (χ2v) is 12.4. The van der Waals surface area contributed by atoms with Crippen LogP contribution in [-0.2, 0) is 21.1 Å². The molecule has 2 saturated heterocycles. The van der Waals surface area contributed by atoms with Crippen molar-refractivity contribution in [3.63, 3.8) is 0 Å². The molecule has 3 fully saturated rings. The number of piperidine rings is 1. The van der Waals surface area contributed by atoms with Gasteiger partial charge in [0.25, 0.3) is 0 Å². The van der Waals surface area contributed by atoms with E-state index in [9.17, 15) is 26.4 Å². The first-order valence-corrected chi connectivity index (χ1v) is 13.8. The minimum Gasteiger partial charge on any atom is -0.337 e. The number of hydrogen-bond acceptors (Lipinski definition) is 4. The van der Waals surface area contributed by atoms with Crippen LogP contribution in [0.4, 0.5) is 13.2 Å². The third-order valence-corrected chi connectivity index (χ3v) is 10.1. The van der Waals surface area contributed by atoms with Crippen LogP contribution in [-0.4, -0.2) is 48.4 Å². The van der Waals surface area contributed by atoms with Gasteiger partial charge in [-0.1, -0.05) is 19.3 Å². The van der Waals surface area contributed by atoms with Crippen molar-refractivity contribution in [2.45, 2.75) is 94.0 Å². The number of hydrogen-bond donors (Lipinski definition) is 1. The molecule has 2 heterocycles. The summed E-state index contributed by atoms with van der Waals surface area (Å²) >= 11 is 0. The monoisotopic (exact) mass is 486 g/mol. The topological polar surface area (TPSA) is 80.5 Å². The van der Waals surface area contributed by atoms with Gasteiger partial charge < -0.3 is 10.6 Å². The Morgan fingerprint density at radius 1 is 0.970 bits per heavy atom. The second-order valence-electron chi connectivity index (χ2n) is 10.0. The fourth-order valence-corrected chi connectivity index (χ4v) is 7.91. The molecule has 2 aliphatic heterocycles. The Hall–Kier alpha value is -1.61. The first-order valence-electron chi connectivity index (χ1n) is 12.1. The van der Waals surface area contributed by atoms with E-state index in [4.69, 9.17) is 5.73 Å². The maximum Gasteiger partial charge on any atom is 0.224 e. The van der Waals surface area contributed by atoms with Crippen LogP contribution >= 0.6 is 0 Å². The van der Waals surface area contributed by atoms with E-state index in [-0.39, 0.29) is 53.3 Å². The minimum absolute atomic E-state index is 0.000476. The summed E-state index contributed by atoms with van der Waals surface area (Å²) in [6.07, 6.45) is 7.45. The SMILES string of the molecule is NC(Cc1cc(F)c(F)cc1F)C1CC2CCC(C1)N2C(=O)CCS(=O)(=O)C1CCCCC1. The smallest absolute Gasteiger partial charge is 0.224 e. The van der Waals surface area contributed by atoms with E-state index in [0.717, 1.165) is 38.2 Å². The zero-order valence-electron chi connectivity index (χ0n) is 18.8. The van der Waals surface area contributed by atoms with Crippen LogP contribution < -0.4 is 5.73 Å². The Morgan fingerprint density at radius 3 is 2.21 bits per heavy atom. The lowest BCUT2D eigenvalue weighted by atomic mass is 9.82. The number of nitrogens with zero attached hydrogens (tertiary/aromatic N) is 1. The molecule has 1 saturated carbocycles. The van der Waals surface area contributed by atoms with Gasteiger partial charge in [0.15, 0.2) is 21.5 Å². The molecule has 0 aromatic heterocycles. The maximum absolute atomic E-state index is 14.0. The first-order chi connectivity index (χ1) is 15.7. The lowest BCUT2D eigenvalue weighted by Gasteiger charge is -2.41. The van der Waals surface area contributed by atoms with Crippen molar-refractivity contribution in [2.75, 3.05) is 5.75 Å². The molecule has 1 amide bonds. The van der Waals surface area contributed by atoms with Gasteiger partial charge in [0.1, 0.15) is 5.82 Å². The number of benzene rings is 1. The highest BCUT2D eigenvalue weighted by atomic mass is 32.2. The highest BCUT2D eigenvalue weighted by Crippen LogP contribution is 2.40. The molecular formula is C24H33F3N2O3S. The number of nitrogens with two attached hydrogens (primary N) is 1. The van der Waals surface area contributed by atoms with E-state index in [0.29, 0.717) is 31.7 Å². The van der Waals surface area contributed by atoms with E-state index in [1.807, 2.05) is 4.90 Å². The van der Waals surface area contributed by atoms with Gasteiger partial charge in [-0.2, -0.15) is 0 Å². The summed E-state index contributed by atoms with van der Waals surface area (Å²) < 4.78 is 66.1. The standard InChI is InChI=1S/C24H33F3N2O3S/c25-20-14-22(27)21(26)12-15(20)13-23(28)16-10-17-6-7-18(11-16)29(17)24(30)8-9-33(31,32)19-4-2-1-3-5-19/h12,14,16-19,23H,1-11,13,28H2. The molecule has 33 heavy (non-hydrogen) atoms. The zero-order chi connectivity index (χ0) is 23.8. The molecule has 1 aromatic carbocycles. The molecule has 0 spiro atoms. The third-order valence-electron chi connectivity index (χ3n) is 7.87. The Labute approximate surface area is 193 Å². The number of sulfone groups is 1. The molecule has 1 aliphatic carbocycles. The van der Waals surface area contributed by atoms with Gasteiger partial charge in [0.05, 0.1) is 11.0 Å². The summed E-state index contributed by atoms with van der Waals surface area (Å²) in [5.41, 5.74) is 6.40. The largest absolute Gasteiger partial charge is 0.337 e. The van der Waals surface area contributed by atoms with Gasteiger partial charge in [-0.05, 0) is 62.5 Å². The van der Waals surface area contributed by atoms with E-state index in [1.165, 1.54) is 0 Å². The van der Waals surface area contributed by atoms with Crippen LogP contribution in [0, 0.1) is 23.4 Å². The second kappa shape index (κ2) is 9.94. The zero-order valence-corrected chi connectivity index (χ0v) is 19.6. The summed E-state index contributed by atoms with van der Waals surface area (Å²) in [7, 11) is -3.26. The molecule has 3 unspecified atom stereocenters. The minimum atomic E-state index is -3.26. The molecule has 1 aromatic rings. The van der Waals surface area contributed by atoms with Crippen molar-refractivity contribution in [3.05, 3.63) is 35.1 Å². The first kappa shape index (κ1) is 24.5. The highest BCUT2D eigenvalue weighted by Gasteiger charge is 2.44. The fraction of sp³-hybridized carbons (Fsp3) is 0.708. The quantitative estimate of drug-likeness (QED) is 0.593. The fourth-order valence-electron chi connectivity index (χ4n) is 6.07. The molecular weight excluding hydrogens is 453 g/mol. The summed E-state index contributed by atoms with van der Waals surface area (Å²) in [5.74, 6) is -3.29. The molecule has 3 atom stereocenters. The van der Waals surface area contributed by atoms with Crippen molar-refractivity contribution in [1.29, 1.82) is 0 Å². The molecule has 2 bridgehead atoms. The predicted molar refractivity (Wildman–Crippen MR) is 120 cm³/mol. The Bertz CT molecular complexity index is 967. The number of fused-ring (bicyclic) bond motifs is 2. The predicted octanol–water partition coefficient (Wildman–Crippen LogP) is 3.88. The molecule has 5 nitrogen and oxygen atoms in total. The third kappa shape index (κ3) is 5.39. The molecule has 2 N–H and O–H groups in total. The van der Waals surface area contributed by atoms with E-state index >= 15 is 0 Å². The van der Waals surface area contributed by atoms with Gasteiger partial charge in [-0.15, -0.1) is 0 Å². The van der Waals surface area contributed by atoms with Crippen molar-refractivity contribution < 1.29 is 26.4 Å². The lowest BCUT2D eigenvalue weighted by molar-refractivity contribution is -0.136. The summed E-state index contributed by atoms with van der Waals surface area (Å²) in [6, 6.07) is 0.976. The average Bonchev–Trinajstić information content (AvgIpc) is 3.05. The number of rotatable bonds is 7. The van der Waals surface area contributed by atoms with Gasteiger partial charge in [0, 0.05) is 30.6 Å². The average molecular weight is 487 g/mol. The molecule has 4 rings (SSSR count). The highest BCUT2D eigenvalue weighted by molar-refractivity contribution is 7.92. The van der Waals surface area contributed by atoms with Gasteiger partial charge >= 0.3 is 0 Å². The van der Waals surface area contributed by atoms with Gasteiger partial charge in [0.2, 0.25) is 5.91 Å². The molecule has 3 aliphatic rings. The van der Waals surface area contributed by atoms with Crippen LogP contribution in [0.1, 0.15) is 69.8 Å². The Balaban J connectivity index is 1.34. The number of amides is 1. The van der Waals surface area contributed by atoms with Crippen molar-refractivity contribution in [1.82, 2.24) is 4.90 Å². The van der Waals surface area contributed by atoms with Crippen molar-refractivity contribution in [3.8, 4) is 0 Å². The van der Waals surface area contributed by atoms with E-state index in [2.05, 4.69) is 0 Å². The maximum atomic E-state index is 14.0. The molecule has 9 heteroatoms. The van der Waals surface area contributed by atoms with Crippen molar-refractivity contribution >= 4 is 15.7 Å². The van der Waals surface area contributed by atoms with E-state index in [1.54, 1.807) is 0 Å². The Kier molecular flexibility index (Phi) is 7.38. The van der Waals surface area contributed by atoms with E-state index < -0.39 is 33.3 Å². The lowest BCUT2D eigenvalue weighted by Crippen LogP contribution is -2.50. The molecule has 184 valence electrons. The van der Waals surface area contributed by atoms with Crippen LogP contribution in [0.15, 0.2) is 12.1 Å². The van der Waals surface area contributed by atoms with Crippen LogP contribution in [0.2, 0.25) is 0 Å². The number of carbonyl (C=O) groups is 1. The Morgan fingerprint density at radius 2 is 1.58 bits per heavy atom. The number of carbonyl (C=O) groups excluding carboxylic acids is 1. The summed E-state index contributed by atoms with van der Waals surface area (Å²) in [6.45, 7) is 0. The molecule has 0 radical (unpaired) electrons. The van der Waals surface area contributed by atoms with Gasteiger partial charge in [-0.25, -0.2) is 21.6 Å². The van der Waals surface area contributed by atoms with Crippen LogP contribution in [0.5, 0.6) is 0 Å². The normalized spacial score (nSPS) is 27.0. The van der Waals surface area contributed by atoms with Crippen molar-refractivity contribution in [2.24, 2.45) is 11.7 Å². The van der Waals surface area contributed by atoms with Gasteiger partial charge in [-0.3, -0.25) is 4.79 Å². The summed E-state index contributed by atoms with van der Waals surface area (Å²) in [4.78, 5) is 14.8.